The summed E-state index contributed by atoms with van der Waals surface area (Å²) in [6, 6.07) is 7.83. The van der Waals surface area contributed by atoms with Crippen molar-refractivity contribution < 1.29 is 24.2 Å². The predicted molar refractivity (Wildman–Crippen MR) is 136 cm³/mol. The van der Waals surface area contributed by atoms with E-state index in [0.29, 0.717) is 39.9 Å². The van der Waals surface area contributed by atoms with Crippen LogP contribution in [0.5, 0.6) is 0 Å². The van der Waals surface area contributed by atoms with Gasteiger partial charge in [-0.1, -0.05) is 30.7 Å². The Morgan fingerprint density at radius 3 is 2.72 bits per heavy atom. The summed E-state index contributed by atoms with van der Waals surface area (Å²) in [6.45, 7) is 5.59. The average molecular weight is 516 g/mol. The standard InChI is InChI=1S/C25H30ClN5O5/c1-4-19(14-36-25(34)35-5-2)29-24-28-11-15(3)22(31-24)17-10-20(27-12-17)23(33)30-21(13-32)16-7-6-8-18(26)9-16/h6-12,19,21,27,32H,4-5,13-14H2,1-3H3,(H,30,33)(H,28,29,31)/t19-,21+/m0/s1. The fourth-order valence-electron chi connectivity index (χ4n) is 3.43. The number of benzene rings is 1. The van der Waals surface area contributed by atoms with Gasteiger partial charge in [-0.3, -0.25) is 4.79 Å². The highest BCUT2D eigenvalue weighted by atomic mass is 35.5. The Kier molecular flexibility index (Phi) is 9.66. The third-order valence-electron chi connectivity index (χ3n) is 5.40. The summed E-state index contributed by atoms with van der Waals surface area (Å²) < 4.78 is 9.89. The quantitative estimate of drug-likeness (QED) is 0.278. The van der Waals surface area contributed by atoms with Crippen molar-refractivity contribution in [1.29, 1.82) is 0 Å². The minimum atomic E-state index is -0.722. The number of hydrogen-bond donors (Lipinski definition) is 4. The lowest BCUT2D eigenvalue weighted by Gasteiger charge is -2.17. The molecule has 1 amide bonds. The van der Waals surface area contributed by atoms with E-state index in [-0.39, 0.29) is 31.8 Å². The van der Waals surface area contributed by atoms with Crippen molar-refractivity contribution >= 4 is 29.6 Å². The topological polar surface area (TPSA) is 138 Å². The Morgan fingerprint density at radius 2 is 2.03 bits per heavy atom. The van der Waals surface area contributed by atoms with Gasteiger partial charge in [0.25, 0.3) is 5.91 Å². The molecule has 0 aliphatic rings. The van der Waals surface area contributed by atoms with Crippen LogP contribution in [0.15, 0.2) is 42.7 Å². The lowest BCUT2D eigenvalue weighted by molar-refractivity contribution is 0.0559. The van der Waals surface area contributed by atoms with Crippen LogP contribution in [-0.4, -0.2) is 58.0 Å². The maximum Gasteiger partial charge on any atom is 0.508 e. The summed E-state index contributed by atoms with van der Waals surface area (Å²) >= 11 is 6.04. The van der Waals surface area contributed by atoms with Gasteiger partial charge in [0.15, 0.2) is 0 Å². The highest BCUT2D eigenvalue weighted by Gasteiger charge is 2.19. The van der Waals surface area contributed by atoms with Gasteiger partial charge in [-0.05, 0) is 49.6 Å². The fourth-order valence-corrected chi connectivity index (χ4v) is 3.63. The number of nitrogens with zero attached hydrogens (tertiary/aromatic N) is 2. The van der Waals surface area contributed by atoms with Gasteiger partial charge in [-0.25, -0.2) is 14.8 Å². The van der Waals surface area contributed by atoms with Crippen molar-refractivity contribution in [1.82, 2.24) is 20.3 Å². The molecule has 11 heteroatoms. The van der Waals surface area contributed by atoms with Crippen molar-refractivity contribution in [2.24, 2.45) is 0 Å². The van der Waals surface area contributed by atoms with Crippen LogP contribution in [0, 0.1) is 6.92 Å². The molecule has 2 aromatic heterocycles. The molecule has 0 saturated carbocycles. The number of aryl methyl sites for hydroxylation is 1. The Bertz CT molecular complexity index is 1190. The van der Waals surface area contributed by atoms with Crippen molar-refractivity contribution in [2.45, 2.75) is 39.3 Å². The van der Waals surface area contributed by atoms with Crippen molar-refractivity contribution in [3.8, 4) is 11.3 Å². The number of nitrogens with one attached hydrogen (secondary N) is 3. The Morgan fingerprint density at radius 1 is 1.22 bits per heavy atom. The third kappa shape index (κ3) is 7.19. The maximum atomic E-state index is 12.8. The molecule has 2 atom stereocenters. The van der Waals surface area contributed by atoms with E-state index >= 15 is 0 Å². The number of aliphatic hydroxyl groups excluding tert-OH is 1. The van der Waals surface area contributed by atoms with E-state index in [9.17, 15) is 14.7 Å². The average Bonchev–Trinajstić information content (AvgIpc) is 3.36. The molecule has 0 bridgehead atoms. The molecule has 0 spiro atoms. The van der Waals surface area contributed by atoms with Crippen LogP contribution in [0.25, 0.3) is 11.3 Å². The number of H-pyrrole nitrogens is 1. The molecule has 0 aliphatic heterocycles. The second-order valence-electron chi connectivity index (χ2n) is 8.03. The molecule has 3 rings (SSSR count). The second kappa shape index (κ2) is 12.9. The SMILES string of the molecule is CCOC(=O)OC[C@H](CC)Nc1ncc(C)c(-c2c[nH]c(C(=O)N[C@H](CO)c3cccc(Cl)c3)c2)n1. The number of aromatic amines is 1. The number of hydrogen-bond acceptors (Lipinski definition) is 8. The third-order valence-corrected chi connectivity index (χ3v) is 5.64. The van der Waals surface area contributed by atoms with Crippen molar-refractivity contribution in [3.63, 3.8) is 0 Å². The highest BCUT2D eigenvalue weighted by Crippen LogP contribution is 2.24. The molecule has 0 unspecified atom stereocenters. The normalized spacial score (nSPS) is 12.5. The van der Waals surface area contributed by atoms with Crippen molar-refractivity contribution in [3.05, 3.63) is 64.6 Å². The predicted octanol–water partition coefficient (Wildman–Crippen LogP) is 4.26. The Hall–Kier alpha value is -3.63. The number of halogens is 1. The first-order valence-electron chi connectivity index (χ1n) is 11.6. The number of aliphatic hydroxyl groups is 1. The molecule has 3 aromatic rings. The van der Waals surface area contributed by atoms with Crippen LogP contribution in [0.3, 0.4) is 0 Å². The molecule has 1 aromatic carbocycles. The number of amides is 1. The maximum absolute atomic E-state index is 12.8. The van der Waals surface area contributed by atoms with Gasteiger partial charge in [-0.15, -0.1) is 0 Å². The summed E-state index contributed by atoms with van der Waals surface area (Å²) in [5.41, 5.74) is 3.16. The van der Waals surface area contributed by atoms with Gasteiger partial charge in [0.1, 0.15) is 12.3 Å². The Balaban J connectivity index is 1.71. The second-order valence-corrected chi connectivity index (χ2v) is 8.47. The van der Waals surface area contributed by atoms with E-state index in [4.69, 9.17) is 21.1 Å². The zero-order chi connectivity index (χ0) is 26.1. The number of aromatic nitrogens is 3. The van der Waals surface area contributed by atoms with Gasteiger partial charge in [-0.2, -0.15) is 0 Å². The highest BCUT2D eigenvalue weighted by molar-refractivity contribution is 6.30. The zero-order valence-electron chi connectivity index (χ0n) is 20.4. The number of anilines is 1. The molecule has 10 nitrogen and oxygen atoms in total. The van der Waals surface area contributed by atoms with Crippen LogP contribution in [-0.2, 0) is 9.47 Å². The molecule has 0 fully saturated rings. The Labute approximate surface area is 214 Å². The summed E-state index contributed by atoms with van der Waals surface area (Å²) in [5, 5.41) is 16.3. The molecule has 36 heavy (non-hydrogen) atoms. The zero-order valence-corrected chi connectivity index (χ0v) is 21.1. The van der Waals surface area contributed by atoms with Gasteiger partial charge >= 0.3 is 6.16 Å². The first kappa shape index (κ1) is 27.0. The smallest absolute Gasteiger partial charge is 0.435 e. The van der Waals surface area contributed by atoms with E-state index in [1.807, 2.05) is 13.8 Å². The molecular formula is C25H30ClN5O5. The van der Waals surface area contributed by atoms with Crippen LogP contribution in [0.1, 0.15) is 47.9 Å². The van der Waals surface area contributed by atoms with E-state index in [1.165, 1.54) is 0 Å². The molecule has 0 radical (unpaired) electrons. The largest absolute Gasteiger partial charge is 0.508 e. The number of ether oxygens (including phenoxy) is 2. The molecule has 192 valence electrons. The van der Waals surface area contributed by atoms with Gasteiger partial charge in [0, 0.05) is 23.0 Å². The first-order chi connectivity index (χ1) is 17.3. The fraction of sp³-hybridized carbons (Fsp3) is 0.360. The van der Waals surface area contributed by atoms with Crippen LogP contribution < -0.4 is 10.6 Å². The first-order valence-corrected chi connectivity index (χ1v) is 12.0. The lowest BCUT2D eigenvalue weighted by atomic mass is 10.1. The molecular weight excluding hydrogens is 486 g/mol. The summed E-state index contributed by atoms with van der Waals surface area (Å²) in [5.74, 6) is -0.0177. The number of carbonyl (C=O) groups is 2. The van der Waals surface area contributed by atoms with Gasteiger partial charge in [0.05, 0.1) is 31.0 Å². The van der Waals surface area contributed by atoms with Crippen LogP contribution in [0.2, 0.25) is 5.02 Å². The van der Waals surface area contributed by atoms with E-state index in [2.05, 4.69) is 25.6 Å². The number of carbonyl (C=O) groups excluding carboxylic acids is 2. The van der Waals surface area contributed by atoms with Gasteiger partial charge in [0.2, 0.25) is 5.95 Å². The molecule has 0 aliphatic carbocycles. The van der Waals surface area contributed by atoms with Crippen LogP contribution in [0.4, 0.5) is 10.7 Å². The molecule has 2 heterocycles. The van der Waals surface area contributed by atoms with Gasteiger partial charge < -0.3 is 30.2 Å². The molecule has 0 saturated heterocycles. The van der Waals surface area contributed by atoms with Crippen LogP contribution >= 0.6 is 11.6 Å². The van der Waals surface area contributed by atoms with E-state index in [1.54, 1.807) is 49.6 Å². The minimum absolute atomic E-state index is 0.106. The lowest BCUT2D eigenvalue weighted by Crippen LogP contribution is -2.31. The summed E-state index contributed by atoms with van der Waals surface area (Å²) in [6.07, 6.45) is 3.30. The minimum Gasteiger partial charge on any atom is -0.435 e. The summed E-state index contributed by atoms with van der Waals surface area (Å²) in [7, 11) is 0. The monoisotopic (exact) mass is 515 g/mol. The summed E-state index contributed by atoms with van der Waals surface area (Å²) in [4.78, 5) is 36.2. The molecule has 4 N–H and O–H groups in total. The van der Waals surface area contributed by atoms with E-state index in [0.717, 1.165) is 5.56 Å². The van der Waals surface area contributed by atoms with E-state index < -0.39 is 12.2 Å². The van der Waals surface area contributed by atoms with Crippen molar-refractivity contribution in [2.75, 3.05) is 25.1 Å². The number of rotatable bonds is 11.